The van der Waals surface area contributed by atoms with E-state index in [0.29, 0.717) is 11.0 Å². The fourth-order valence-corrected chi connectivity index (χ4v) is 3.74. The lowest BCUT2D eigenvalue weighted by Crippen LogP contribution is -2.37. The molecule has 0 saturated carbocycles. The SMILES string of the molecule is CN(C(=O)Cn1cnc2c(cnn2C)c1=O)[C@@H]1CCCc2ccccc21. The van der Waals surface area contributed by atoms with Crippen molar-refractivity contribution in [2.45, 2.75) is 31.8 Å². The Hall–Kier alpha value is -2.96. The maximum absolute atomic E-state index is 12.8. The van der Waals surface area contributed by atoms with Crippen LogP contribution >= 0.6 is 0 Å². The molecule has 0 saturated heterocycles. The molecule has 26 heavy (non-hydrogen) atoms. The molecule has 0 spiro atoms. The number of benzene rings is 1. The number of carbonyl (C=O) groups excluding carboxylic acids is 1. The van der Waals surface area contributed by atoms with Crippen molar-refractivity contribution in [1.82, 2.24) is 24.2 Å². The quantitative estimate of drug-likeness (QED) is 0.719. The number of fused-ring (bicyclic) bond motifs is 2. The van der Waals surface area contributed by atoms with Gasteiger partial charge in [0.2, 0.25) is 5.91 Å². The summed E-state index contributed by atoms with van der Waals surface area (Å²) in [5.74, 6) is -0.0983. The molecule has 4 rings (SSSR count). The van der Waals surface area contributed by atoms with Gasteiger partial charge < -0.3 is 4.90 Å². The Labute approximate surface area is 150 Å². The molecule has 0 unspecified atom stereocenters. The molecule has 1 atom stereocenters. The summed E-state index contributed by atoms with van der Waals surface area (Å²) in [6.07, 6.45) is 5.96. The van der Waals surface area contributed by atoms with E-state index in [4.69, 9.17) is 0 Å². The van der Waals surface area contributed by atoms with E-state index in [0.717, 1.165) is 19.3 Å². The summed E-state index contributed by atoms with van der Waals surface area (Å²) in [7, 11) is 3.55. The Morgan fingerprint density at radius 1 is 1.35 bits per heavy atom. The van der Waals surface area contributed by atoms with E-state index < -0.39 is 0 Å². The Balaban J connectivity index is 1.59. The second-order valence-electron chi connectivity index (χ2n) is 6.79. The van der Waals surface area contributed by atoms with Gasteiger partial charge in [-0.15, -0.1) is 0 Å². The Morgan fingerprint density at radius 3 is 3.00 bits per heavy atom. The predicted octanol–water partition coefficient (Wildman–Crippen LogP) is 1.67. The molecule has 134 valence electrons. The molecule has 3 aromatic rings. The first-order valence-electron chi connectivity index (χ1n) is 8.77. The maximum atomic E-state index is 12.8. The third kappa shape index (κ3) is 2.69. The largest absolute Gasteiger partial charge is 0.337 e. The van der Waals surface area contributed by atoms with Gasteiger partial charge in [-0.2, -0.15) is 5.10 Å². The third-order valence-corrected chi connectivity index (χ3v) is 5.22. The molecule has 0 N–H and O–H groups in total. The van der Waals surface area contributed by atoms with Crippen molar-refractivity contribution >= 4 is 16.9 Å². The minimum Gasteiger partial charge on any atom is -0.337 e. The van der Waals surface area contributed by atoms with Crippen molar-refractivity contribution in [2.75, 3.05) is 7.05 Å². The lowest BCUT2D eigenvalue weighted by atomic mass is 9.87. The molecule has 1 aliphatic carbocycles. The van der Waals surface area contributed by atoms with Crippen LogP contribution in [0.3, 0.4) is 0 Å². The number of amides is 1. The molecule has 7 nitrogen and oxygen atoms in total. The lowest BCUT2D eigenvalue weighted by Gasteiger charge is -2.33. The second kappa shape index (κ2) is 6.40. The normalized spacial score (nSPS) is 16.5. The second-order valence-corrected chi connectivity index (χ2v) is 6.79. The number of hydrogen-bond acceptors (Lipinski definition) is 4. The first-order valence-corrected chi connectivity index (χ1v) is 8.77. The van der Waals surface area contributed by atoms with Crippen molar-refractivity contribution < 1.29 is 4.79 Å². The van der Waals surface area contributed by atoms with Crippen LogP contribution in [-0.4, -0.2) is 37.2 Å². The van der Waals surface area contributed by atoms with Gasteiger partial charge in [-0.05, 0) is 30.4 Å². The van der Waals surface area contributed by atoms with Crippen molar-refractivity contribution in [3.05, 3.63) is 58.3 Å². The van der Waals surface area contributed by atoms with Crippen LogP contribution in [-0.2, 0) is 24.8 Å². The highest BCUT2D eigenvalue weighted by atomic mass is 16.2. The Morgan fingerprint density at radius 2 is 2.15 bits per heavy atom. The number of hydrogen-bond donors (Lipinski definition) is 0. The smallest absolute Gasteiger partial charge is 0.264 e. The van der Waals surface area contributed by atoms with E-state index in [1.165, 1.54) is 28.2 Å². The summed E-state index contributed by atoms with van der Waals surface area (Å²) in [6.45, 7) is -0.0220. The lowest BCUT2D eigenvalue weighted by molar-refractivity contribution is -0.133. The minimum atomic E-state index is -0.242. The summed E-state index contributed by atoms with van der Waals surface area (Å²) in [4.78, 5) is 31.4. The van der Waals surface area contributed by atoms with Gasteiger partial charge >= 0.3 is 0 Å². The fraction of sp³-hybridized carbons (Fsp3) is 0.368. The van der Waals surface area contributed by atoms with Crippen LogP contribution in [0.5, 0.6) is 0 Å². The van der Waals surface area contributed by atoms with E-state index in [1.54, 1.807) is 16.6 Å². The highest BCUT2D eigenvalue weighted by Gasteiger charge is 2.26. The predicted molar refractivity (Wildman–Crippen MR) is 97.7 cm³/mol. The highest BCUT2D eigenvalue weighted by Crippen LogP contribution is 2.33. The number of aromatic nitrogens is 4. The van der Waals surface area contributed by atoms with E-state index in [-0.39, 0.29) is 24.1 Å². The third-order valence-electron chi connectivity index (χ3n) is 5.22. The van der Waals surface area contributed by atoms with E-state index in [2.05, 4.69) is 22.2 Å². The van der Waals surface area contributed by atoms with Gasteiger partial charge in [0, 0.05) is 14.1 Å². The molecule has 1 aliphatic rings. The standard InChI is InChI=1S/C19H21N5O2/c1-22(16-9-5-7-13-6-3-4-8-14(13)16)17(25)11-24-12-20-18-15(19(24)26)10-21-23(18)2/h3-4,6,8,10,12,16H,5,7,9,11H2,1-2H3/t16-/m1/s1. The van der Waals surface area contributed by atoms with Gasteiger partial charge in [-0.1, -0.05) is 24.3 Å². The molecule has 0 fully saturated rings. The van der Waals surface area contributed by atoms with Crippen LogP contribution in [0.4, 0.5) is 0 Å². The molecule has 0 bridgehead atoms. The fourth-order valence-electron chi connectivity index (χ4n) is 3.74. The summed E-state index contributed by atoms with van der Waals surface area (Å²) in [5, 5.41) is 4.48. The van der Waals surface area contributed by atoms with E-state index in [1.807, 2.05) is 19.2 Å². The molecule has 1 amide bonds. The van der Waals surface area contributed by atoms with Crippen LogP contribution in [0.1, 0.15) is 30.0 Å². The molecule has 7 heteroatoms. The van der Waals surface area contributed by atoms with Crippen LogP contribution in [0, 0.1) is 0 Å². The zero-order valence-electron chi connectivity index (χ0n) is 14.9. The van der Waals surface area contributed by atoms with Gasteiger partial charge in [0.15, 0.2) is 5.65 Å². The number of aryl methyl sites for hydroxylation is 2. The highest BCUT2D eigenvalue weighted by molar-refractivity contribution is 5.77. The Bertz CT molecular complexity index is 1040. The zero-order valence-corrected chi connectivity index (χ0v) is 14.9. The van der Waals surface area contributed by atoms with Crippen LogP contribution < -0.4 is 5.56 Å². The summed E-state index contributed by atoms with van der Waals surface area (Å²) >= 11 is 0. The summed E-state index contributed by atoms with van der Waals surface area (Å²) in [6, 6.07) is 8.33. The number of likely N-dealkylation sites (N-methyl/N-ethyl adjacent to an activating group) is 1. The molecule has 1 aromatic carbocycles. The maximum Gasteiger partial charge on any atom is 0.264 e. The molecular weight excluding hydrogens is 330 g/mol. The van der Waals surface area contributed by atoms with Crippen molar-refractivity contribution in [1.29, 1.82) is 0 Å². The molecular formula is C19H21N5O2. The van der Waals surface area contributed by atoms with Crippen LogP contribution in [0.15, 0.2) is 41.6 Å². The number of carbonyl (C=O) groups is 1. The molecule has 0 radical (unpaired) electrons. The molecule has 2 heterocycles. The monoisotopic (exact) mass is 351 g/mol. The van der Waals surface area contributed by atoms with E-state index >= 15 is 0 Å². The van der Waals surface area contributed by atoms with Gasteiger partial charge in [0.1, 0.15) is 18.3 Å². The zero-order chi connectivity index (χ0) is 18.3. The number of nitrogens with zero attached hydrogens (tertiary/aromatic N) is 5. The van der Waals surface area contributed by atoms with Gasteiger partial charge in [0.05, 0.1) is 12.2 Å². The average Bonchev–Trinajstić information content (AvgIpc) is 3.04. The number of rotatable bonds is 3. The Kier molecular flexibility index (Phi) is 4.06. The topological polar surface area (TPSA) is 73.0 Å². The first kappa shape index (κ1) is 16.5. The van der Waals surface area contributed by atoms with Crippen LogP contribution in [0.25, 0.3) is 11.0 Å². The molecule has 0 aliphatic heterocycles. The van der Waals surface area contributed by atoms with E-state index in [9.17, 15) is 9.59 Å². The van der Waals surface area contributed by atoms with Crippen molar-refractivity contribution in [3.8, 4) is 0 Å². The van der Waals surface area contributed by atoms with Crippen molar-refractivity contribution in [2.24, 2.45) is 7.05 Å². The summed E-state index contributed by atoms with van der Waals surface area (Å²) < 4.78 is 2.91. The van der Waals surface area contributed by atoms with Gasteiger partial charge in [0.25, 0.3) is 5.56 Å². The summed E-state index contributed by atoms with van der Waals surface area (Å²) in [5.41, 5.74) is 2.80. The van der Waals surface area contributed by atoms with Crippen molar-refractivity contribution in [3.63, 3.8) is 0 Å². The first-order chi connectivity index (χ1) is 12.6. The molecule has 2 aromatic heterocycles. The van der Waals surface area contributed by atoms with Crippen LogP contribution in [0.2, 0.25) is 0 Å². The minimum absolute atomic E-state index is 0.0220. The van der Waals surface area contributed by atoms with Gasteiger partial charge in [-0.25, -0.2) is 4.98 Å². The average molecular weight is 351 g/mol. The van der Waals surface area contributed by atoms with Gasteiger partial charge in [-0.3, -0.25) is 18.8 Å².